The highest BCUT2D eigenvalue weighted by Crippen LogP contribution is 2.25. The van der Waals surface area contributed by atoms with E-state index in [1.807, 2.05) is 19.2 Å². The molecule has 1 aromatic heterocycles. The van der Waals surface area contributed by atoms with E-state index >= 15 is 0 Å². The van der Waals surface area contributed by atoms with Crippen molar-refractivity contribution in [3.63, 3.8) is 0 Å². The van der Waals surface area contributed by atoms with E-state index in [2.05, 4.69) is 4.98 Å². The predicted molar refractivity (Wildman–Crippen MR) is 47.2 cm³/mol. The van der Waals surface area contributed by atoms with Crippen LogP contribution in [-0.4, -0.2) is 17.8 Å². The van der Waals surface area contributed by atoms with Crippen LogP contribution in [0.15, 0.2) is 23.4 Å². The van der Waals surface area contributed by atoms with Gasteiger partial charge in [0.2, 0.25) is 0 Å². The molecule has 0 radical (unpaired) electrons. The molecule has 0 unspecified atom stereocenters. The second-order valence-electron chi connectivity index (χ2n) is 1.96. The van der Waals surface area contributed by atoms with E-state index < -0.39 is 0 Å². The first-order valence-electron chi connectivity index (χ1n) is 3.49. The van der Waals surface area contributed by atoms with Gasteiger partial charge in [-0.2, -0.15) is 0 Å². The Morgan fingerprint density at radius 1 is 1.64 bits per heavy atom. The Labute approximate surface area is 71.0 Å². The molecular weight excluding hydrogens is 158 g/mol. The Morgan fingerprint density at radius 3 is 3.09 bits per heavy atom. The highest BCUT2D eigenvalue weighted by Gasteiger charge is 1.99. The molecule has 11 heavy (non-hydrogen) atoms. The fourth-order valence-corrected chi connectivity index (χ4v) is 1.31. The molecule has 0 aliphatic heterocycles. The van der Waals surface area contributed by atoms with Crippen molar-refractivity contribution in [3.8, 4) is 5.75 Å². The van der Waals surface area contributed by atoms with E-state index in [9.17, 15) is 0 Å². The number of nitrogens with zero attached hydrogens (tertiary/aromatic N) is 1. The van der Waals surface area contributed by atoms with E-state index in [-0.39, 0.29) is 0 Å². The Hall–Kier alpha value is -0.700. The van der Waals surface area contributed by atoms with Crippen LogP contribution in [0.5, 0.6) is 5.75 Å². The smallest absolute Gasteiger partial charge is 0.151 e. The van der Waals surface area contributed by atoms with Gasteiger partial charge in [0.25, 0.3) is 0 Å². The first-order chi connectivity index (χ1) is 5.38. The van der Waals surface area contributed by atoms with Crippen LogP contribution in [0.4, 0.5) is 0 Å². The SMILES string of the molecule is CCOc1cnccc1SC. The molecule has 3 heteroatoms. The monoisotopic (exact) mass is 169 g/mol. The minimum absolute atomic E-state index is 0.694. The van der Waals surface area contributed by atoms with Gasteiger partial charge < -0.3 is 4.74 Å². The normalized spacial score (nSPS) is 9.64. The molecule has 0 fully saturated rings. The van der Waals surface area contributed by atoms with Gasteiger partial charge in [-0.3, -0.25) is 4.98 Å². The molecule has 0 saturated heterocycles. The van der Waals surface area contributed by atoms with Crippen molar-refractivity contribution in [1.29, 1.82) is 0 Å². The second kappa shape index (κ2) is 4.23. The molecule has 0 bridgehead atoms. The van der Waals surface area contributed by atoms with Gasteiger partial charge in [0, 0.05) is 6.20 Å². The molecule has 0 saturated carbocycles. The third kappa shape index (κ3) is 2.12. The van der Waals surface area contributed by atoms with Crippen molar-refractivity contribution in [2.24, 2.45) is 0 Å². The van der Waals surface area contributed by atoms with Crippen LogP contribution in [0.2, 0.25) is 0 Å². The van der Waals surface area contributed by atoms with Crippen molar-refractivity contribution in [1.82, 2.24) is 4.98 Å². The summed E-state index contributed by atoms with van der Waals surface area (Å²) in [4.78, 5) is 5.11. The first kappa shape index (κ1) is 8.40. The lowest BCUT2D eigenvalue weighted by atomic mass is 10.4. The van der Waals surface area contributed by atoms with E-state index in [0.717, 1.165) is 10.6 Å². The maximum absolute atomic E-state index is 5.34. The van der Waals surface area contributed by atoms with Crippen molar-refractivity contribution in [2.75, 3.05) is 12.9 Å². The summed E-state index contributed by atoms with van der Waals surface area (Å²) >= 11 is 1.67. The third-order valence-electron chi connectivity index (χ3n) is 1.27. The van der Waals surface area contributed by atoms with Crippen molar-refractivity contribution < 1.29 is 4.74 Å². The molecule has 0 aromatic carbocycles. The highest BCUT2D eigenvalue weighted by molar-refractivity contribution is 7.98. The van der Waals surface area contributed by atoms with Gasteiger partial charge in [-0.25, -0.2) is 0 Å². The lowest BCUT2D eigenvalue weighted by molar-refractivity contribution is 0.331. The zero-order chi connectivity index (χ0) is 8.10. The minimum atomic E-state index is 0.694. The summed E-state index contributed by atoms with van der Waals surface area (Å²) in [5.41, 5.74) is 0. The molecule has 0 aliphatic rings. The standard InChI is InChI=1S/C8H11NOS/c1-3-10-7-6-9-5-4-8(7)11-2/h4-6H,3H2,1-2H3. The van der Waals surface area contributed by atoms with Gasteiger partial charge >= 0.3 is 0 Å². The Morgan fingerprint density at radius 2 is 2.45 bits per heavy atom. The van der Waals surface area contributed by atoms with Crippen LogP contribution in [-0.2, 0) is 0 Å². The van der Waals surface area contributed by atoms with Crippen LogP contribution in [0.25, 0.3) is 0 Å². The zero-order valence-electron chi connectivity index (χ0n) is 6.70. The third-order valence-corrected chi connectivity index (χ3v) is 2.04. The fourth-order valence-electron chi connectivity index (χ4n) is 0.800. The van der Waals surface area contributed by atoms with Gasteiger partial charge in [0.1, 0.15) is 0 Å². The van der Waals surface area contributed by atoms with Crippen LogP contribution in [0, 0.1) is 0 Å². The van der Waals surface area contributed by atoms with Crippen LogP contribution >= 0.6 is 11.8 Å². The van der Waals surface area contributed by atoms with Gasteiger partial charge in [-0.15, -0.1) is 11.8 Å². The average Bonchev–Trinajstić information content (AvgIpc) is 2.06. The number of thioether (sulfide) groups is 1. The number of rotatable bonds is 3. The van der Waals surface area contributed by atoms with Crippen LogP contribution < -0.4 is 4.74 Å². The average molecular weight is 169 g/mol. The van der Waals surface area contributed by atoms with Gasteiger partial charge in [-0.1, -0.05) is 0 Å². The van der Waals surface area contributed by atoms with Gasteiger partial charge in [0.05, 0.1) is 17.7 Å². The molecule has 2 nitrogen and oxygen atoms in total. The Bertz CT molecular complexity index is 227. The number of aromatic nitrogens is 1. The molecule has 1 heterocycles. The number of pyridine rings is 1. The van der Waals surface area contributed by atoms with Crippen LogP contribution in [0.1, 0.15) is 6.92 Å². The van der Waals surface area contributed by atoms with Gasteiger partial charge in [0.15, 0.2) is 5.75 Å². The molecule has 0 N–H and O–H groups in total. The molecular formula is C8H11NOS. The highest BCUT2D eigenvalue weighted by atomic mass is 32.2. The summed E-state index contributed by atoms with van der Waals surface area (Å²) < 4.78 is 5.34. The Balaban J connectivity index is 2.83. The van der Waals surface area contributed by atoms with Crippen LogP contribution in [0.3, 0.4) is 0 Å². The summed E-state index contributed by atoms with van der Waals surface area (Å²) in [5.74, 6) is 0.877. The molecule has 60 valence electrons. The van der Waals surface area contributed by atoms with Gasteiger partial charge in [-0.05, 0) is 19.2 Å². The molecule has 0 spiro atoms. The molecule has 0 atom stereocenters. The summed E-state index contributed by atoms with van der Waals surface area (Å²) in [6.07, 6.45) is 5.54. The van der Waals surface area contributed by atoms with Crippen molar-refractivity contribution in [3.05, 3.63) is 18.5 Å². The summed E-state index contributed by atoms with van der Waals surface area (Å²) in [5, 5.41) is 0. The quantitative estimate of drug-likeness (QED) is 0.648. The van der Waals surface area contributed by atoms with E-state index in [0.29, 0.717) is 6.61 Å². The van der Waals surface area contributed by atoms with Crippen molar-refractivity contribution >= 4 is 11.8 Å². The molecule has 1 rings (SSSR count). The number of ether oxygens (including phenoxy) is 1. The maximum Gasteiger partial charge on any atom is 0.151 e. The molecule has 0 aliphatic carbocycles. The topological polar surface area (TPSA) is 22.1 Å². The summed E-state index contributed by atoms with van der Waals surface area (Å²) in [6, 6.07) is 1.95. The van der Waals surface area contributed by atoms with E-state index in [4.69, 9.17) is 4.74 Å². The second-order valence-corrected chi connectivity index (χ2v) is 2.81. The maximum atomic E-state index is 5.34. The lowest BCUT2D eigenvalue weighted by Gasteiger charge is -2.05. The molecule has 0 amide bonds. The largest absolute Gasteiger partial charge is 0.491 e. The Kier molecular flexibility index (Phi) is 3.23. The fraction of sp³-hybridized carbons (Fsp3) is 0.375. The number of hydrogen-bond donors (Lipinski definition) is 0. The first-order valence-corrected chi connectivity index (χ1v) is 4.71. The van der Waals surface area contributed by atoms with E-state index in [1.165, 1.54) is 0 Å². The van der Waals surface area contributed by atoms with E-state index in [1.54, 1.807) is 24.2 Å². The lowest BCUT2D eigenvalue weighted by Crippen LogP contribution is -1.93. The predicted octanol–water partition coefficient (Wildman–Crippen LogP) is 2.20. The number of hydrogen-bond acceptors (Lipinski definition) is 3. The molecule has 1 aromatic rings. The van der Waals surface area contributed by atoms with Crippen molar-refractivity contribution in [2.45, 2.75) is 11.8 Å². The summed E-state index contributed by atoms with van der Waals surface area (Å²) in [6.45, 7) is 2.66. The minimum Gasteiger partial charge on any atom is -0.491 e. The zero-order valence-corrected chi connectivity index (χ0v) is 7.52. The summed E-state index contributed by atoms with van der Waals surface area (Å²) in [7, 11) is 0.